The second kappa shape index (κ2) is 7.50. The van der Waals surface area contributed by atoms with Gasteiger partial charge in [-0.3, -0.25) is 9.88 Å². The summed E-state index contributed by atoms with van der Waals surface area (Å²) in [4.78, 5) is 11.4. The lowest BCUT2D eigenvalue weighted by molar-refractivity contribution is 0.0342. The lowest BCUT2D eigenvalue weighted by atomic mass is 10.1. The summed E-state index contributed by atoms with van der Waals surface area (Å²) in [6.07, 6.45) is 7.40. The Morgan fingerprint density at radius 2 is 1.68 bits per heavy atom. The van der Waals surface area contributed by atoms with Gasteiger partial charge in [0.05, 0.1) is 25.1 Å². The van der Waals surface area contributed by atoms with Crippen molar-refractivity contribution in [3.05, 3.63) is 72.8 Å². The van der Waals surface area contributed by atoms with Gasteiger partial charge in [-0.1, -0.05) is 24.3 Å². The van der Waals surface area contributed by atoms with Crippen molar-refractivity contribution >= 4 is 5.65 Å². The van der Waals surface area contributed by atoms with Crippen LogP contribution in [0.5, 0.6) is 0 Å². The SMILES string of the molecule is c1cc(-c2ccn3ncc(-c4ccc(CN5CCOCC5)cc4)c3n2)ccn1. The van der Waals surface area contributed by atoms with Gasteiger partial charge in [-0.25, -0.2) is 9.50 Å². The van der Waals surface area contributed by atoms with Gasteiger partial charge in [0.2, 0.25) is 0 Å². The molecule has 1 fully saturated rings. The van der Waals surface area contributed by atoms with Gasteiger partial charge < -0.3 is 4.74 Å². The molecule has 0 amide bonds. The molecule has 6 nitrogen and oxygen atoms in total. The highest BCUT2D eigenvalue weighted by molar-refractivity contribution is 5.78. The molecule has 1 saturated heterocycles. The Balaban J connectivity index is 1.44. The van der Waals surface area contributed by atoms with Gasteiger partial charge in [-0.15, -0.1) is 0 Å². The Morgan fingerprint density at radius 3 is 2.46 bits per heavy atom. The molecule has 0 unspecified atom stereocenters. The number of fused-ring (bicyclic) bond motifs is 1. The maximum atomic E-state index is 5.43. The number of aromatic nitrogens is 4. The highest BCUT2D eigenvalue weighted by atomic mass is 16.5. The first-order chi connectivity index (χ1) is 13.9. The number of rotatable bonds is 4. The third kappa shape index (κ3) is 3.40. The Kier molecular flexibility index (Phi) is 4.56. The summed E-state index contributed by atoms with van der Waals surface area (Å²) in [5, 5.41) is 4.47. The molecule has 4 aromatic rings. The molecule has 0 atom stereocenters. The molecular formula is C22H21N5O. The van der Waals surface area contributed by atoms with Crippen LogP contribution < -0.4 is 0 Å². The lowest BCUT2D eigenvalue weighted by Crippen LogP contribution is -2.35. The topological polar surface area (TPSA) is 55.5 Å². The zero-order chi connectivity index (χ0) is 18.8. The second-order valence-corrected chi connectivity index (χ2v) is 6.96. The number of nitrogens with zero attached hydrogens (tertiary/aromatic N) is 5. The monoisotopic (exact) mass is 371 g/mol. The highest BCUT2D eigenvalue weighted by Gasteiger charge is 2.12. The van der Waals surface area contributed by atoms with Crippen molar-refractivity contribution in [1.29, 1.82) is 0 Å². The molecular weight excluding hydrogens is 350 g/mol. The number of hydrogen-bond acceptors (Lipinski definition) is 5. The van der Waals surface area contributed by atoms with E-state index in [4.69, 9.17) is 9.72 Å². The predicted molar refractivity (Wildman–Crippen MR) is 108 cm³/mol. The zero-order valence-corrected chi connectivity index (χ0v) is 15.5. The largest absolute Gasteiger partial charge is 0.379 e. The maximum absolute atomic E-state index is 5.43. The van der Waals surface area contributed by atoms with Crippen LogP contribution in [0.15, 0.2) is 67.3 Å². The molecule has 3 aromatic heterocycles. The fourth-order valence-electron chi connectivity index (χ4n) is 3.56. The summed E-state index contributed by atoms with van der Waals surface area (Å²) in [5.74, 6) is 0. The van der Waals surface area contributed by atoms with E-state index in [1.807, 2.05) is 35.1 Å². The number of benzene rings is 1. The quantitative estimate of drug-likeness (QED) is 0.551. The van der Waals surface area contributed by atoms with Gasteiger partial charge >= 0.3 is 0 Å². The first-order valence-corrected chi connectivity index (χ1v) is 9.51. The maximum Gasteiger partial charge on any atom is 0.163 e. The average molecular weight is 371 g/mol. The molecule has 28 heavy (non-hydrogen) atoms. The molecule has 0 bridgehead atoms. The van der Waals surface area contributed by atoms with Crippen LogP contribution in [0, 0.1) is 0 Å². The molecule has 1 aliphatic rings. The first kappa shape index (κ1) is 17.0. The van der Waals surface area contributed by atoms with E-state index in [1.54, 1.807) is 12.4 Å². The molecule has 0 radical (unpaired) electrons. The van der Waals surface area contributed by atoms with Crippen molar-refractivity contribution < 1.29 is 4.74 Å². The minimum atomic E-state index is 0.825. The third-order valence-electron chi connectivity index (χ3n) is 5.12. The molecule has 0 N–H and O–H groups in total. The lowest BCUT2D eigenvalue weighted by Gasteiger charge is -2.26. The molecule has 0 spiro atoms. The summed E-state index contributed by atoms with van der Waals surface area (Å²) >= 11 is 0. The van der Waals surface area contributed by atoms with Crippen molar-refractivity contribution in [3.8, 4) is 22.4 Å². The van der Waals surface area contributed by atoms with Gasteiger partial charge in [0.1, 0.15) is 0 Å². The van der Waals surface area contributed by atoms with Crippen molar-refractivity contribution in [1.82, 2.24) is 24.5 Å². The number of morpholine rings is 1. The van der Waals surface area contributed by atoms with Crippen LogP contribution >= 0.6 is 0 Å². The fourth-order valence-corrected chi connectivity index (χ4v) is 3.56. The Morgan fingerprint density at radius 1 is 0.893 bits per heavy atom. The van der Waals surface area contributed by atoms with Crippen LogP contribution in [0.1, 0.15) is 5.56 Å². The van der Waals surface area contributed by atoms with Crippen LogP contribution in [0.3, 0.4) is 0 Å². The molecule has 1 aromatic carbocycles. The van der Waals surface area contributed by atoms with E-state index in [1.165, 1.54) is 5.56 Å². The molecule has 0 aliphatic carbocycles. The molecule has 4 heterocycles. The van der Waals surface area contributed by atoms with E-state index in [2.05, 4.69) is 39.2 Å². The predicted octanol–water partition coefficient (Wildman–Crippen LogP) is 3.29. The van der Waals surface area contributed by atoms with Gasteiger partial charge in [-0.05, 0) is 29.3 Å². The Hall–Kier alpha value is -3.09. The van der Waals surface area contributed by atoms with Gasteiger partial charge in [0, 0.05) is 49.4 Å². The van der Waals surface area contributed by atoms with Gasteiger partial charge in [0.15, 0.2) is 5.65 Å². The Bertz CT molecular complexity index is 1070. The summed E-state index contributed by atoms with van der Waals surface area (Å²) in [5.41, 5.74) is 6.29. The minimum Gasteiger partial charge on any atom is -0.379 e. The second-order valence-electron chi connectivity index (χ2n) is 6.96. The van der Waals surface area contributed by atoms with E-state index in [9.17, 15) is 0 Å². The molecule has 6 heteroatoms. The number of pyridine rings is 1. The van der Waals surface area contributed by atoms with Crippen molar-refractivity contribution in [2.24, 2.45) is 0 Å². The summed E-state index contributed by atoms with van der Waals surface area (Å²) in [6, 6.07) is 14.6. The van der Waals surface area contributed by atoms with Crippen LogP contribution in [-0.4, -0.2) is 50.8 Å². The number of hydrogen-bond donors (Lipinski definition) is 0. The van der Waals surface area contributed by atoms with Crippen molar-refractivity contribution in [2.75, 3.05) is 26.3 Å². The molecule has 1 aliphatic heterocycles. The normalized spacial score (nSPS) is 15.1. The van der Waals surface area contributed by atoms with Crippen LogP contribution in [0.4, 0.5) is 0 Å². The van der Waals surface area contributed by atoms with E-state index in [-0.39, 0.29) is 0 Å². The Labute approximate surface area is 163 Å². The fraction of sp³-hybridized carbons (Fsp3) is 0.227. The first-order valence-electron chi connectivity index (χ1n) is 9.51. The van der Waals surface area contributed by atoms with Gasteiger partial charge in [-0.2, -0.15) is 5.10 Å². The summed E-state index contributed by atoms with van der Waals surface area (Å²) < 4.78 is 7.25. The highest BCUT2D eigenvalue weighted by Crippen LogP contribution is 2.26. The minimum absolute atomic E-state index is 0.825. The van der Waals surface area contributed by atoms with Crippen molar-refractivity contribution in [3.63, 3.8) is 0 Å². The molecule has 5 rings (SSSR count). The number of ether oxygens (including phenoxy) is 1. The molecule has 0 saturated carbocycles. The van der Waals surface area contributed by atoms with Crippen LogP contribution in [0.2, 0.25) is 0 Å². The smallest absolute Gasteiger partial charge is 0.163 e. The average Bonchev–Trinajstić information content (AvgIpc) is 3.19. The van der Waals surface area contributed by atoms with Crippen molar-refractivity contribution in [2.45, 2.75) is 6.54 Å². The van der Waals surface area contributed by atoms with Crippen LogP contribution in [-0.2, 0) is 11.3 Å². The van der Waals surface area contributed by atoms with E-state index in [0.717, 1.165) is 60.9 Å². The standard InChI is InChI=1S/C22H21N5O/c1-3-18(4-2-17(1)16-26-11-13-28-14-12-26)20-15-24-27-10-7-21(25-22(20)27)19-5-8-23-9-6-19/h1-10,15H,11-14,16H2. The summed E-state index contributed by atoms with van der Waals surface area (Å²) in [7, 11) is 0. The third-order valence-corrected chi connectivity index (χ3v) is 5.12. The van der Waals surface area contributed by atoms with E-state index >= 15 is 0 Å². The van der Waals surface area contributed by atoms with E-state index in [0.29, 0.717) is 0 Å². The summed E-state index contributed by atoms with van der Waals surface area (Å²) in [6.45, 7) is 4.61. The molecule has 140 valence electrons. The van der Waals surface area contributed by atoms with E-state index < -0.39 is 0 Å². The zero-order valence-electron chi connectivity index (χ0n) is 15.5. The van der Waals surface area contributed by atoms with Crippen LogP contribution in [0.25, 0.3) is 28.0 Å². The van der Waals surface area contributed by atoms with Gasteiger partial charge in [0.25, 0.3) is 0 Å².